The first kappa shape index (κ1) is 18.3. The van der Waals surface area contributed by atoms with Crippen LogP contribution < -0.4 is 4.74 Å². The highest BCUT2D eigenvalue weighted by Gasteiger charge is 2.23. The molecule has 5 nitrogen and oxygen atoms in total. The van der Waals surface area contributed by atoms with Gasteiger partial charge in [0.15, 0.2) is 5.69 Å². The van der Waals surface area contributed by atoms with Gasteiger partial charge in [-0.2, -0.15) is 5.10 Å². The second-order valence-corrected chi connectivity index (χ2v) is 7.27. The Morgan fingerprint density at radius 1 is 1.04 bits per heavy atom. The second kappa shape index (κ2) is 8.30. The molecule has 144 valence electrons. The lowest BCUT2D eigenvalue weighted by Gasteiger charge is -2.22. The van der Waals surface area contributed by atoms with Crippen molar-refractivity contribution >= 4 is 5.97 Å². The van der Waals surface area contributed by atoms with Crippen molar-refractivity contribution in [1.29, 1.82) is 0 Å². The molecule has 5 heteroatoms. The van der Waals surface area contributed by atoms with E-state index in [0.717, 1.165) is 35.5 Å². The van der Waals surface area contributed by atoms with Crippen molar-refractivity contribution in [3.63, 3.8) is 0 Å². The van der Waals surface area contributed by atoms with Gasteiger partial charge in [-0.25, -0.2) is 9.48 Å². The maximum atomic E-state index is 11.5. The van der Waals surface area contributed by atoms with Gasteiger partial charge in [0.2, 0.25) is 0 Å². The van der Waals surface area contributed by atoms with Crippen molar-refractivity contribution in [2.45, 2.75) is 44.6 Å². The minimum atomic E-state index is -0.987. The van der Waals surface area contributed by atoms with Crippen LogP contribution in [0.15, 0.2) is 60.7 Å². The fourth-order valence-corrected chi connectivity index (χ4v) is 3.82. The summed E-state index contributed by atoms with van der Waals surface area (Å²) in [6.07, 6.45) is 5.80. The van der Waals surface area contributed by atoms with Crippen molar-refractivity contribution in [2.24, 2.45) is 0 Å². The van der Waals surface area contributed by atoms with Crippen LogP contribution in [0.3, 0.4) is 0 Å². The molecule has 1 aliphatic rings. The average Bonchev–Trinajstić information content (AvgIpc) is 3.20. The fraction of sp³-hybridized carbons (Fsp3) is 0.304. The smallest absolute Gasteiger partial charge is 0.356 e. The summed E-state index contributed by atoms with van der Waals surface area (Å²) in [5.74, 6) is 0.152. The van der Waals surface area contributed by atoms with Gasteiger partial charge in [-0.3, -0.25) is 0 Å². The van der Waals surface area contributed by atoms with Crippen molar-refractivity contribution in [2.75, 3.05) is 0 Å². The Bertz CT molecular complexity index is 926. The molecule has 1 heterocycles. The zero-order chi connectivity index (χ0) is 19.3. The van der Waals surface area contributed by atoms with E-state index in [1.54, 1.807) is 10.7 Å². The molecule has 3 aromatic rings. The summed E-state index contributed by atoms with van der Waals surface area (Å²) >= 11 is 0. The molecule has 0 amide bonds. The van der Waals surface area contributed by atoms with Crippen LogP contribution in [0.4, 0.5) is 0 Å². The quantitative estimate of drug-likeness (QED) is 0.642. The molecule has 2 aromatic carbocycles. The van der Waals surface area contributed by atoms with Crippen LogP contribution >= 0.6 is 0 Å². The first-order valence-corrected chi connectivity index (χ1v) is 9.81. The minimum absolute atomic E-state index is 0.102. The maximum absolute atomic E-state index is 11.5. The lowest BCUT2D eigenvalue weighted by Crippen LogP contribution is -2.11. The molecule has 1 N–H and O–H groups in total. The number of hydrogen-bond acceptors (Lipinski definition) is 3. The summed E-state index contributed by atoms with van der Waals surface area (Å²) < 4.78 is 7.64. The predicted molar refractivity (Wildman–Crippen MR) is 107 cm³/mol. The summed E-state index contributed by atoms with van der Waals surface area (Å²) in [6.45, 7) is 0.512. The molecule has 0 radical (unpaired) electrons. The molecule has 0 saturated heterocycles. The highest BCUT2D eigenvalue weighted by atomic mass is 16.5. The highest BCUT2D eigenvalue weighted by Crippen LogP contribution is 2.34. The molecule has 0 bridgehead atoms. The van der Waals surface area contributed by atoms with E-state index in [1.165, 1.54) is 19.3 Å². The standard InChI is InChI=1S/C23H24N2O3/c26-23(27)21-15-22(18-9-5-2-6-10-18)25(24-21)19-11-13-20(14-12-19)28-16-17-7-3-1-4-8-17/h1,3-4,7-8,11-15,18H,2,5-6,9-10,16H2,(H,26,27). The number of carboxylic acids is 1. The number of carbonyl (C=O) groups is 1. The molecule has 28 heavy (non-hydrogen) atoms. The van der Waals surface area contributed by atoms with E-state index in [9.17, 15) is 9.90 Å². The highest BCUT2D eigenvalue weighted by molar-refractivity contribution is 5.85. The summed E-state index contributed by atoms with van der Waals surface area (Å²) in [5, 5.41) is 13.7. The third-order valence-electron chi connectivity index (χ3n) is 5.31. The number of aromatic nitrogens is 2. The Morgan fingerprint density at radius 2 is 1.75 bits per heavy atom. The summed E-state index contributed by atoms with van der Waals surface area (Å²) in [5.41, 5.74) is 3.07. The van der Waals surface area contributed by atoms with Gasteiger partial charge in [0.25, 0.3) is 0 Å². The molecule has 1 saturated carbocycles. The van der Waals surface area contributed by atoms with Crippen LogP contribution in [0.5, 0.6) is 5.75 Å². The van der Waals surface area contributed by atoms with Crippen LogP contribution in [-0.4, -0.2) is 20.9 Å². The van der Waals surface area contributed by atoms with Crippen LogP contribution in [0.2, 0.25) is 0 Å². The van der Waals surface area contributed by atoms with Crippen molar-refractivity contribution in [1.82, 2.24) is 9.78 Å². The molecular weight excluding hydrogens is 352 g/mol. The third-order valence-corrected chi connectivity index (χ3v) is 5.31. The van der Waals surface area contributed by atoms with Crippen LogP contribution in [0, 0.1) is 0 Å². The Kier molecular flexibility index (Phi) is 5.42. The van der Waals surface area contributed by atoms with E-state index in [2.05, 4.69) is 5.10 Å². The number of ether oxygens (including phenoxy) is 1. The van der Waals surface area contributed by atoms with Gasteiger partial charge in [0.05, 0.1) is 5.69 Å². The summed E-state index contributed by atoms with van der Waals surface area (Å²) in [6, 6.07) is 19.4. The molecule has 4 rings (SSSR count). The van der Waals surface area contributed by atoms with Gasteiger partial charge in [0.1, 0.15) is 12.4 Å². The van der Waals surface area contributed by atoms with Crippen LogP contribution in [0.1, 0.15) is 59.8 Å². The van der Waals surface area contributed by atoms with Crippen LogP contribution in [-0.2, 0) is 6.61 Å². The van der Waals surface area contributed by atoms with Gasteiger partial charge >= 0.3 is 5.97 Å². The molecular formula is C23H24N2O3. The van der Waals surface area contributed by atoms with Gasteiger partial charge < -0.3 is 9.84 Å². The average molecular weight is 376 g/mol. The normalized spacial score (nSPS) is 14.7. The number of nitrogens with zero attached hydrogens (tertiary/aromatic N) is 2. The van der Waals surface area contributed by atoms with Gasteiger partial charge in [-0.15, -0.1) is 0 Å². The Balaban J connectivity index is 1.55. The number of carboxylic acid groups (broad SMARTS) is 1. The summed E-state index contributed by atoms with van der Waals surface area (Å²) in [7, 11) is 0. The van der Waals surface area contributed by atoms with E-state index in [1.807, 2.05) is 54.6 Å². The van der Waals surface area contributed by atoms with Gasteiger partial charge in [0, 0.05) is 11.6 Å². The zero-order valence-corrected chi connectivity index (χ0v) is 15.8. The number of rotatable bonds is 6. The molecule has 0 unspecified atom stereocenters. The van der Waals surface area contributed by atoms with E-state index < -0.39 is 5.97 Å². The predicted octanol–water partition coefficient (Wildman–Crippen LogP) is 5.20. The molecule has 0 atom stereocenters. The fourth-order valence-electron chi connectivity index (χ4n) is 3.82. The Hall–Kier alpha value is -3.08. The molecule has 0 aliphatic heterocycles. The zero-order valence-electron chi connectivity index (χ0n) is 15.8. The van der Waals surface area contributed by atoms with E-state index in [0.29, 0.717) is 12.5 Å². The van der Waals surface area contributed by atoms with Crippen LogP contribution in [0.25, 0.3) is 5.69 Å². The third kappa shape index (κ3) is 4.09. The van der Waals surface area contributed by atoms with Crippen molar-refractivity contribution < 1.29 is 14.6 Å². The SMILES string of the molecule is O=C(O)c1cc(C2CCCCC2)n(-c2ccc(OCc3ccccc3)cc2)n1. The topological polar surface area (TPSA) is 64.3 Å². The molecule has 0 spiro atoms. The molecule has 1 fully saturated rings. The second-order valence-electron chi connectivity index (χ2n) is 7.27. The largest absolute Gasteiger partial charge is 0.489 e. The lowest BCUT2D eigenvalue weighted by molar-refractivity contribution is 0.0690. The maximum Gasteiger partial charge on any atom is 0.356 e. The number of hydrogen-bond donors (Lipinski definition) is 1. The number of benzene rings is 2. The number of aromatic carboxylic acids is 1. The van der Waals surface area contributed by atoms with E-state index in [-0.39, 0.29) is 5.69 Å². The lowest BCUT2D eigenvalue weighted by atomic mass is 9.86. The molecule has 1 aliphatic carbocycles. The van der Waals surface area contributed by atoms with E-state index >= 15 is 0 Å². The Morgan fingerprint density at radius 3 is 2.43 bits per heavy atom. The monoisotopic (exact) mass is 376 g/mol. The first-order chi connectivity index (χ1) is 13.7. The first-order valence-electron chi connectivity index (χ1n) is 9.81. The van der Waals surface area contributed by atoms with Crippen molar-refractivity contribution in [3.05, 3.63) is 77.6 Å². The van der Waals surface area contributed by atoms with Gasteiger partial charge in [-0.1, -0.05) is 49.6 Å². The Labute approximate surface area is 164 Å². The van der Waals surface area contributed by atoms with Gasteiger partial charge in [-0.05, 0) is 48.7 Å². The summed E-state index contributed by atoms with van der Waals surface area (Å²) in [4.78, 5) is 11.5. The van der Waals surface area contributed by atoms with Crippen molar-refractivity contribution in [3.8, 4) is 11.4 Å². The molecule has 1 aromatic heterocycles. The van der Waals surface area contributed by atoms with E-state index in [4.69, 9.17) is 4.74 Å². The minimum Gasteiger partial charge on any atom is -0.489 e.